The van der Waals surface area contributed by atoms with E-state index in [0.29, 0.717) is 11.4 Å². The summed E-state index contributed by atoms with van der Waals surface area (Å²) in [5.41, 5.74) is 0.0160. The van der Waals surface area contributed by atoms with Gasteiger partial charge in [0.05, 0.1) is 5.69 Å². The summed E-state index contributed by atoms with van der Waals surface area (Å²) < 4.78 is 10.7. The van der Waals surface area contributed by atoms with Crippen LogP contribution in [0.4, 0.5) is 5.69 Å². The first-order valence-corrected chi connectivity index (χ1v) is 6.56. The van der Waals surface area contributed by atoms with Gasteiger partial charge in [-0.15, -0.1) is 0 Å². The summed E-state index contributed by atoms with van der Waals surface area (Å²) in [6.07, 6.45) is 0. The van der Waals surface area contributed by atoms with Crippen LogP contribution in [0.25, 0.3) is 0 Å². The second-order valence-corrected chi connectivity index (χ2v) is 5.73. The van der Waals surface area contributed by atoms with Crippen molar-refractivity contribution < 1.29 is 19.1 Å². The first kappa shape index (κ1) is 14.4. The molecule has 0 aliphatic carbocycles. The molecule has 1 atom stereocenters. The van der Waals surface area contributed by atoms with Crippen LogP contribution >= 0.6 is 0 Å². The smallest absolute Gasteiger partial charge is 0.329 e. The lowest BCUT2D eigenvalue weighted by Gasteiger charge is -2.34. The zero-order valence-corrected chi connectivity index (χ0v) is 12.2. The van der Waals surface area contributed by atoms with Crippen molar-refractivity contribution in [1.82, 2.24) is 0 Å². The van der Waals surface area contributed by atoms with E-state index in [1.54, 1.807) is 45.9 Å². The average Bonchev–Trinajstić information content (AvgIpc) is 2.36. The third kappa shape index (κ3) is 2.92. The van der Waals surface area contributed by atoms with Crippen molar-refractivity contribution in [2.75, 3.05) is 11.5 Å². The zero-order chi connectivity index (χ0) is 14.9. The van der Waals surface area contributed by atoms with Crippen molar-refractivity contribution in [3.8, 4) is 5.75 Å². The molecule has 1 aromatic rings. The summed E-state index contributed by atoms with van der Waals surface area (Å²) >= 11 is 0. The van der Waals surface area contributed by atoms with Gasteiger partial charge in [0.1, 0.15) is 17.4 Å². The largest absolute Gasteiger partial charge is 0.482 e. The van der Waals surface area contributed by atoms with Gasteiger partial charge >= 0.3 is 5.97 Å². The molecule has 1 aliphatic rings. The maximum Gasteiger partial charge on any atom is 0.329 e. The van der Waals surface area contributed by atoms with Crippen molar-refractivity contribution in [2.45, 2.75) is 39.3 Å². The van der Waals surface area contributed by atoms with E-state index in [0.717, 1.165) is 0 Å². The molecule has 0 N–H and O–H groups in total. The first-order valence-electron chi connectivity index (χ1n) is 6.56. The van der Waals surface area contributed by atoms with Gasteiger partial charge in [0.2, 0.25) is 0 Å². The van der Waals surface area contributed by atoms with E-state index in [-0.39, 0.29) is 12.5 Å². The monoisotopic (exact) mass is 277 g/mol. The normalized spacial score (nSPS) is 16.2. The number of rotatable bonds is 2. The first-order chi connectivity index (χ1) is 9.29. The predicted molar refractivity (Wildman–Crippen MR) is 74.7 cm³/mol. The molecule has 1 aliphatic heterocycles. The lowest BCUT2D eigenvalue weighted by atomic mass is 10.1. The van der Waals surface area contributed by atoms with E-state index in [4.69, 9.17) is 9.47 Å². The fourth-order valence-electron chi connectivity index (χ4n) is 2.04. The van der Waals surface area contributed by atoms with Crippen LogP contribution in [0.1, 0.15) is 27.7 Å². The number of benzene rings is 1. The van der Waals surface area contributed by atoms with E-state index in [9.17, 15) is 9.59 Å². The topological polar surface area (TPSA) is 55.8 Å². The molecule has 5 nitrogen and oxygen atoms in total. The highest BCUT2D eigenvalue weighted by Crippen LogP contribution is 2.33. The van der Waals surface area contributed by atoms with Crippen molar-refractivity contribution in [2.24, 2.45) is 0 Å². The molecular weight excluding hydrogens is 258 g/mol. The third-order valence-corrected chi connectivity index (χ3v) is 2.88. The van der Waals surface area contributed by atoms with Crippen LogP contribution in [0.3, 0.4) is 0 Å². The van der Waals surface area contributed by atoms with E-state index >= 15 is 0 Å². The lowest BCUT2D eigenvalue weighted by molar-refractivity contribution is -0.157. The van der Waals surface area contributed by atoms with Gasteiger partial charge in [-0.3, -0.25) is 9.69 Å². The maximum absolute atomic E-state index is 12.2. The number of nitrogens with zero attached hydrogens (tertiary/aromatic N) is 1. The van der Waals surface area contributed by atoms with Crippen molar-refractivity contribution in [1.29, 1.82) is 0 Å². The number of fused-ring (bicyclic) bond motifs is 1. The van der Waals surface area contributed by atoms with Gasteiger partial charge in [0.25, 0.3) is 5.91 Å². The van der Waals surface area contributed by atoms with Crippen molar-refractivity contribution in [3.63, 3.8) is 0 Å². The molecule has 0 saturated heterocycles. The molecule has 1 unspecified atom stereocenters. The minimum absolute atomic E-state index is 0.0653. The fourth-order valence-corrected chi connectivity index (χ4v) is 2.04. The van der Waals surface area contributed by atoms with Gasteiger partial charge in [-0.1, -0.05) is 12.1 Å². The molecule has 20 heavy (non-hydrogen) atoms. The lowest BCUT2D eigenvalue weighted by Crippen LogP contribution is -2.49. The number of hydrogen-bond donors (Lipinski definition) is 0. The number of carbonyl (C=O) groups excluding carboxylic acids is 2. The summed E-state index contributed by atoms with van der Waals surface area (Å²) in [6, 6.07) is 6.47. The fraction of sp³-hybridized carbons (Fsp3) is 0.467. The Hall–Kier alpha value is -2.04. The zero-order valence-electron chi connectivity index (χ0n) is 12.2. The molecule has 0 radical (unpaired) electrons. The van der Waals surface area contributed by atoms with Gasteiger partial charge in [0.15, 0.2) is 6.61 Å². The summed E-state index contributed by atoms with van der Waals surface area (Å²) in [5, 5.41) is 0. The van der Waals surface area contributed by atoms with Crippen molar-refractivity contribution in [3.05, 3.63) is 24.3 Å². The van der Waals surface area contributed by atoms with Gasteiger partial charge in [-0.05, 0) is 39.8 Å². The maximum atomic E-state index is 12.2. The molecule has 0 fully saturated rings. The molecule has 1 amide bonds. The van der Waals surface area contributed by atoms with Gasteiger partial charge < -0.3 is 9.47 Å². The number of ether oxygens (including phenoxy) is 2. The molecule has 1 aromatic carbocycles. The van der Waals surface area contributed by atoms with Crippen LogP contribution < -0.4 is 9.64 Å². The molecule has 0 spiro atoms. The average molecular weight is 277 g/mol. The van der Waals surface area contributed by atoms with Crippen molar-refractivity contribution >= 4 is 17.6 Å². The Labute approximate surface area is 118 Å². The summed E-state index contributed by atoms with van der Waals surface area (Å²) in [5.74, 6) is -0.0767. The molecule has 0 saturated carbocycles. The number of hydrogen-bond acceptors (Lipinski definition) is 4. The number of carbonyl (C=O) groups is 2. The van der Waals surface area contributed by atoms with E-state index < -0.39 is 17.6 Å². The van der Waals surface area contributed by atoms with Crippen LogP contribution in [0.5, 0.6) is 5.75 Å². The molecule has 0 bridgehead atoms. The minimum Gasteiger partial charge on any atom is -0.482 e. The molecule has 1 heterocycles. The summed E-state index contributed by atoms with van der Waals surface area (Å²) in [6.45, 7) is 6.99. The summed E-state index contributed by atoms with van der Waals surface area (Å²) in [4.78, 5) is 25.7. The van der Waals surface area contributed by atoms with Gasteiger partial charge in [-0.25, -0.2) is 4.79 Å². The Morgan fingerprint density at radius 2 is 2.00 bits per heavy atom. The number of para-hydroxylation sites is 2. The predicted octanol–water partition coefficient (Wildman–Crippen LogP) is 2.14. The van der Waals surface area contributed by atoms with E-state index in [2.05, 4.69) is 0 Å². The Morgan fingerprint density at radius 1 is 1.35 bits per heavy atom. The van der Waals surface area contributed by atoms with Gasteiger partial charge in [-0.2, -0.15) is 0 Å². The second kappa shape index (κ2) is 5.15. The Bertz CT molecular complexity index is 533. The summed E-state index contributed by atoms with van der Waals surface area (Å²) in [7, 11) is 0. The van der Waals surface area contributed by atoms with E-state index in [1.165, 1.54) is 4.90 Å². The van der Waals surface area contributed by atoms with Crippen LogP contribution in [0.2, 0.25) is 0 Å². The quantitative estimate of drug-likeness (QED) is 0.777. The molecule has 5 heteroatoms. The van der Waals surface area contributed by atoms with Crippen LogP contribution in [-0.2, 0) is 14.3 Å². The Morgan fingerprint density at radius 3 is 2.65 bits per heavy atom. The highest BCUT2D eigenvalue weighted by atomic mass is 16.6. The highest BCUT2D eigenvalue weighted by Gasteiger charge is 2.35. The Kier molecular flexibility index (Phi) is 3.70. The molecular formula is C15H19NO4. The SMILES string of the molecule is CC(C(=O)OC(C)(C)C)N1C(=O)COc2ccccc21. The second-order valence-electron chi connectivity index (χ2n) is 5.73. The molecule has 108 valence electrons. The Balaban J connectivity index is 2.27. The number of esters is 1. The standard InChI is InChI=1S/C15H19NO4/c1-10(14(18)20-15(2,3)4)16-11-7-5-6-8-12(11)19-9-13(16)17/h5-8,10H,9H2,1-4H3. The third-order valence-electron chi connectivity index (χ3n) is 2.88. The number of amides is 1. The number of anilines is 1. The minimum atomic E-state index is -0.688. The van der Waals surface area contributed by atoms with E-state index in [1.807, 2.05) is 6.07 Å². The molecule has 0 aromatic heterocycles. The molecule has 2 rings (SSSR count). The van der Waals surface area contributed by atoms with Gasteiger partial charge in [0, 0.05) is 0 Å². The van der Waals surface area contributed by atoms with Crippen LogP contribution in [0, 0.1) is 0 Å². The van der Waals surface area contributed by atoms with Crippen LogP contribution in [0.15, 0.2) is 24.3 Å². The van der Waals surface area contributed by atoms with Crippen LogP contribution in [-0.4, -0.2) is 30.1 Å². The highest BCUT2D eigenvalue weighted by molar-refractivity contribution is 6.02.